The monoisotopic (exact) mass is 216 g/mol. The SMILES string of the molecule is N#Cc1ccccc1N1CCC(CCO)C1. The Balaban J connectivity index is 2.12. The molecular formula is C13H16N2O. The Hall–Kier alpha value is -1.53. The molecule has 0 saturated carbocycles. The number of nitrogens with zero attached hydrogens (tertiary/aromatic N) is 2. The minimum atomic E-state index is 0.262. The van der Waals surface area contributed by atoms with E-state index in [0.29, 0.717) is 5.92 Å². The molecule has 0 aliphatic carbocycles. The highest BCUT2D eigenvalue weighted by atomic mass is 16.3. The van der Waals surface area contributed by atoms with E-state index in [9.17, 15) is 0 Å². The molecule has 0 aromatic heterocycles. The Labute approximate surface area is 95.9 Å². The van der Waals surface area contributed by atoms with Gasteiger partial charge in [-0.05, 0) is 30.9 Å². The summed E-state index contributed by atoms with van der Waals surface area (Å²) in [5.41, 5.74) is 1.78. The maximum Gasteiger partial charge on any atom is 0.101 e. The topological polar surface area (TPSA) is 47.3 Å². The number of hydrogen-bond donors (Lipinski definition) is 1. The molecule has 3 nitrogen and oxygen atoms in total. The highest BCUT2D eigenvalue weighted by Crippen LogP contribution is 2.27. The van der Waals surface area contributed by atoms with Crippen LogP contribution in [0.4, 0.5) is 5.69 Å². The number of nitriles is 1. The number of benzene rings is 1. The normalized spacial score (nSPS) is 19.8. The number of aliphatic hydroxyl groups excluding tert-OH is 1. The lowest BCUT2D eigenvalue weighted by molar-refractivity contribution is 0.263. The molecule has 1 fully saturated rings. The third-order valence-corrected chi connectivity index (χ3v) is 3.19. The number of hydrogen-bond acceptors (Lipinski definition) is 3. The maximum atomic E-state index is 9.03. The van der Waals surface area contributed by atoms with E-state index >= 15 is 0 Å². The van der Waals surface area contributed by atoms with Gasteiger partial charge in [0.25, 0.3) is 0 Å². The molecule has 84 valence electrons. The highest BCUT2D eigenvalue weighted by Gasteiger charge is 2.23. The second-order valence-electron chi connectivity index (χ2n) is 4.24. The molecular weight excluding hydrogens is 200 g/mol. The summed E-state index contributed by atoms with van der Waals surface area (Å²) in [5, 5.41) is 17.9. The molecule has 0 amide bonds. The third-order valence-electron chi connectivity index (χ3n) is 3.19. The summed E-state index contributed by atoms with van der Waals surface area (Å²) in [6.45, 7) is 2.21. The van der Waals surface area contributed by atoms with Crippen LogP contribution < -0.4 is 4.90 Å². The molecule has 1 atom stereocenters. The van der Waals surface area contributed by atoms with Crippen molar-refractivity contribution in [3.63, 3.8) is 0 Å². The minimum Gasteiger partial charge on any atom is -0.396 e. The standard InChI is InChI=1S/C13H16N2O/c14-9-12-3-1-2-4-13(12)15-7-5-11(10-15)6-8-16/h1-4,11,16H,5-8,10H2. The zero-order valence-electron chi connectivity index (χ0n) is 9.26. The molecule has 2 rings (SSSR count). The zero-order valence-corrected chi connectivity index (χ0v) is 9.26. The van der Waals surface area contributed by atoms with Crippen molar-refractivity contribution < 1.29 is 5.11 Å². The van der Waals surface area contributed by atoms with E-state index in [-0.39, 0.29) is 6.61 Å². The van der Waals surface area contributed by atoms with Gasteiger partial charge in [0.05, 0.1) is 11.3 Å². The van der Waals surface area contributed by atoms with Crippen LogP contribution in [-0.4, -0.2) is 24.8 Å². The van der Waals surface area contributed by atoms with Crippen molar-refractivity contribution in [3.05, 3.63) is 29.8 Å². The van der Waals surface area contributed by atoms with Crippen LogP contribution in [0.15, 0.2) is 24.3 Å². The van der Waals surface area contributed by atoms with Crippen LogP contribution in [-0.2, 0) is 0 Å². The first-order valence-electron chi connectivity index (χ1n) is 5.70. The highest BCUT2D eigenvalue weighted by molar-refractivity contribution is 5.59. The maximum absolute atomic E-state index is 9.03. The summed E-state index contributed by atoms with van der Waals surface area (Å²) in [6.07, 6.45) is 1.98. The Bertz CT molecular complexity index is 397. The molecule has 1 aliphatic rings. The lowest BCUT2D eigenvalue weighted by Crippen LogP contribution is -2.20. The molecule has 1 aromatic carbocycles. The fraction of sp³-hybridized carbons (Fsp3) is 0.462. The molecule has 3 heteroatoms. The van der Waals surface area contributed by atoms with Crippen LogP contribution >= 0.6 is 0 Å². The molecule has 0 bridgehead atoms. The average Bonchev–Trinajstić information content (AvgIpc) is 2.78. The van der Waals surface area contributed by atoms with Crippen molar-refractivity contribution in [2.24, 2.45) is 5.92 Å². The third kappa shape index (κ3) is 2.17. The Morgan fingerprint density at radius 2 is 2.25 bits per heavy atom. The molecule has 0 radical (unpaired) electrons. The van der Waals surface area contributed by atoms with Gasteiger partial charge < -0.3 is 10.0 Å². The van der Waals surface area contributed by atoms with E-state index in [1.807, 2.05) is 24.3 Å². The fourth-order valence-electron chi connectivity index (χ4n) is 2.31. The van der Waals surface area contributed by atoms with Crippen molar-refractivity contribution in [1.82, 2.24) is 0 Å². The molecule has 16 heavy (non-hydrogen) atoms. The van der Waals surface area contributed by atoms with Gasteiger partial charge in [-0.2, -0.15) is 5.26 Å². The van der Waals surface area contributed by atoms with Crippen molar-refractivity contribution in [3.8, 4) is 6.07 Å². The second-order valence-corrected chi connectivity index (χ2v) is 4.24. The van der Waals surface area contributed by atoms with Gasteiger partial charge in [-0.3, -0.25) is 0 Å². The van der Waals surface area contributed by atoms with Crippen LogP contribution in [0.25, 0.3) is 0 Å². The molecule has 1 saturated heterocycles. The van der Waals surface area contributed by atoms with E-state index in [2.05, 4.69) is 11.0 Å². The first kappa shape index (κ1) is 11.0. The van der Waals surface area contributed by atoms with Gasteiger partial charge in [-0.1, -0.05) is 12.1 Å². The number of para-hydroxylation sites is 1. The Morgan fingerprint density at radius 1 is 1.44 bits per heavy atom. The summed E-state index contributed by atoms with van der Waals surface area (Å²) in [6, 6.07) is 9.94. The van der Waals surface area contributed by atoms with Gasteiger partial charge >= 0.3 is 0 Å². The summed E-state index contributed by atoms with van der Waals surface area (Å²) in [7, 11) is 0. The van der Waals surface area contributed by atoms with Gasteiger partial charge in [-0.15, -0.1) is 0 Å². The lowest BCUT2D eigenvalue weighted by Gasteiger charge is -2.19. The van der Waals surface area contributed by atoms with Crippen molar-refractivity contribution >= 4 is 5.69 Å². The summed E-state index contributed by atoms with van der Waals surface area (Å²) in [4.78, 5) is 2.25. The Kier molecular flexibility index (Phi) is 3.43. The van der Waals surface area contributed by atoms with E-state index < -0.39 is 0 Å². The van der Waals surface area contributed by atoms with Crippen LogP contribution in [0.5, 0.6) is 0 Å². The first-order chi connectivity index (χ1) is 7.85. The molecule has 1 aromatic rings. The number of anilines is 1. The minimum absolute atomic E-state index is 0.262. The summed E-state index contributed by atoms with van der Waals surface area (Å²) in [5.74, 6) is 0.566. The predicted octanol–water partition coefficient (Wildman–Crippen LogP) is 1.77. The summed E-state index contributed by atoms with van der Waals surface area (Å²) >= 11 is 0. The second kappa shape index (κ2) is 5.00. The molecule has 0 spiro atoms. The zero-order chi connectivity index (χ0) is 11.4. The van der Waals surface area contributed by atoms with Crippen LogP contribution in [0.1, 0.15) is 18.4 Å². The Morgan fingerprint density at radius 3 is 3.00 bits per heavy atom. The van der Waals surface area contributed by atoms with Gasteiger partial charge in [0.1, 0.15) is 6.07 Å². The van der Waals surface area contributed by atoms with Crippen LogP contribution in [0, 0.1) is 17.2 Å². The van der Waals surface area contributed by atoms with E-state index in [1.165, 1.54) is 0 Å². The molecule has 1 unspecified atom stereocenters. The van der Waals surface area contributed by atoms with E-state index in [1.54, 1.807) is 0 Å². The average molecular weight is 216 g/mol. The largest absolute Gasteiger partial charge is 0.396 e. The van der Waals surface area contributed by atoms with Crippen LogP contribution in [0.2, 0.25) is 0 Å². The first-order valence-corrected chi connectivity index (χ1v) is 5.70. The summed E-state index contributed by atoms with van der Waals surface area (Å²) < 4.78 is 0. The predicted molar refractivity (Wildman–Crippen MR) is 63.2 cm³/mol. The number of rotatable bonds is 3. The van der Waals surface area contributed by atoms with Crippen molar-refractivity contribution in [1.29, 1.82) is 5.26 Å². The van der Waals surface area contributed by atoms with E-state index in [0.717, 1.165) is 37.2 Å². The molecule has 1 aliphatic heterocycles. The van der Waals surface area contributed by atoms with Crippen molar-refractivity contribution in [2.75, 3.05) is 24.6 Å². The fourth-order valence-corrected chi connectivity index (χ4v) is 2.31. The van der Waals surface area contributed by atoms with Gasteiger partial charge in [0.2, 0.25) is 0 Å². The number of aliphatic hydroxyl groups is 1. The molecule has 1 heterocycles. The van der Waals surface area contributed by atoms with Gasteiger partial charge in [0.15, 0.2) is 0 Å². The van der Waals surface area contributed by atoms with Gasteiger partial charge in [0, 0.05) is 19.7 Å². The lowest BCUT2D eigenvalue weighted by atomic mass is 10.1. The molecule has 1 N–H and O–H groups in total. The smallest absolute Gasteiger partial charge is 0.101 e. The quantitative estimate of drug-likeness (QED) is 0.837. The van der Waals surface area contributed by atoms with E-state index in [4.69, 9.17) is 10.4 Å². The van der Waals surface area contributed by atoms with Gasteiger partial charge in [-0.25, -0.2) is 0 Å². The van der Waals surface area contributed by atoms with Crippen molar-refractivity contribution in [2.45, 2.75) is 12.8 Å². The van der Waals surface area contributed by atoms with Crippen LogP contribution in [0.3, 0.4) is 0 Å².